The number of hydrogen-bond donors (Lipinski definition) is 2. The third-order valence-electron chi connectivity index (χ3n) is 2.69. The SMILES string of the molecule is C[C@@H]1SC(C)(C)C2NC(=O)NC21. The highest BCUT2D eigenvalue weighted by Gasteiger charge is 2.51. The van der Waals surface area contributed by atoms with Crippen LogP contribution in [0.25, 0.3) is 0 Å². The molecule has 0 aromatic carbocycles. The van der Waals surface area contributed by atoms with Gasteiger partial charge in [-0.25, -0.2) is 4.79 Å². The van der Waals surface area contributed by atoms with E-state index in [0.29, 0.717) is 17.3 Å². The van der Waals surface area contributed by atoms with Gasteiger partial charge in [0.05, 0.1) is 12.1 Å². The third kappa shape index (κ3) is 1.01. The van der Waals surface area contributed by atoms with E-state index in [1.807, 2.05) is 11.8 Å². The molecule has 68 valence electrons. The van der Waals surface area contributed by atoms with Crippen LogP contribution in [0.4, 0.5) is 4.79 Å². The highest BCUT2D eigenvalue weighted by atomic mass is 32.2. The summed E-state index contributed by atoms with van der Waals surface area (Å²) in [5.41, 5.74) is 0. The molecule has 2 aliphatic rings. The molecule has 2 amide bonds. The molecule has 4 heteroatoms. The monoisotopic (exact) mass is 186 g/mol. The van der Waals surface area contributed by atoms with Crippen LogP contribution in [0.2, 0.25) is 0 Å². The number of urea groups is 1. The summed E-state index contributed by atoms with van der Waals surface area (Å²) < 4.78 is 0.170. The second-order valence-electron chi connectivity index (χ2n) is 4.05. The summed E-state index contributed by atoms with van der Waals surface area (Å²) in [7, 11) is 0. The van der Waals surface area contributed by atoms with Crippen molar-refractivity contribution in [2.75, 3.05) is 0 Å². The minimum Gasteiger partial charge on any atom is -0.332 e. The lowest BCUT2D eigenvalue weighted by Crippen LogP contribution is -2.43. The molecule has 2 rings (SSSR count). The molecule has 0 bridgehead atoms. The molecular weight excluding hydrogens is 172 g/mol. The van der Waals surface area contributed by atoms with Crippen molar-refractivity contribution in [3.8, 4) is 0 Å². The van der Waals surface area contributed by atoms with Gasteiger partial charge in [0.15, 0.2) is 0 Å². The van der Waals surface area contributed by atoms with Gasteiger partial charge in [-0.2, -0.15) is 0 Å². The lowest BCUT2D eigenvalue weighted by Gasteiger charge is -2.23. The van der Waals surface area contributed by atoms with Gasteiger partial charge in [0.25, 0.3) is 0 Å². The number of nitrogens with one attached hydrogen (secondary N) is 2. The molecule has 2 aliphatic heterocycles. The van der Waals surface area contributed by atoms with E-state index in [2.05, 4.69) is 31.4 Å². The average molecular weight is 186 g/mol. The Balaban J connectivity index is 2.24. The van der Waals surface area contributed by atoms with Crippen molar-refractivity contribution in [2.45, 2.75) is 42.9 Å². The first kappa shape index (κ1) is 8.23. The molecule has 0 aromatic rings. The maximum Gasteiger partial charge on any atom is 0.315 e. The lowest BCUT2D eigenvalue weighted by molar-refractivity contribution is 0.246. The van der Waals surface area contributed by atoms with Crippen molar-refractivity contribution in [3.05, 3.63) is 0 Å². The standard InChI is InChI=1S/C8H14N2OS/c1-4-5-6(8(2,3)12-4)10-7(11)9-5/h4-6H,1-3H3,(H2,9,10,11)/t4-,5?,6?/m0/s1. The minimum absolute atomic E-state index is 0.00905. The normalized spacial score (nSPS) is 43.6. The van der Waals surface area contributed by atoms with Crippen molar-refractivity contribution < 1.29 is 4.79 Å². The smallest absolute Gasteiger partial charge is 0.315 e. The van der Waals surface area contributed by atoms with Gasteiger partial charge < -0.3 is 10.6 Å². The van der Waals surface area contributed by atoms with Gasteiger partial charge in [-0.3, -0.25) is 0 Å². The molecule has 0 spiro atoms. The van der Waals surface area contributed by atoms with E-state index in [0.717, 1.165) is 0 Å². The van der Waals surface area contributed by atoms with E-state index < -0.39 is 0 Å². The summed E-state index contributed by atoms with van der Waals surface area (Å²) >= 11 is 1.94. The van der Waals surface area contributed by atoms with Gasteiger partial charge in [-0.1, -0.05) is 6.92 Å². The number of fused-ring (bicyclic) bond motifs is 1. The quantitative estimate of drug-likeness (QED) is 0.553. The highest BCUT2D eigenvalue weighted by Crippen LogP contribution is 2.44. The second-order valence-corrected chi connectivity index (χ2v) is 6.08. The molecule has 0 aliphatic carbocycles. The molecule has 3 atom stereocenters. The first-order valence-electron chi connectivity index (χ1n) is 4.25. The van der Waals surface area contributed by atoms with Gasteiger partial charge >= 0.3 is 6.03 Å². The fourth-order valence-electron chi connectivity index (χ4n) is 2.13. The minimum atomic E-state index is -0.00905. The van der Waals surface area contributed by atoms with E-state index >= 15 is 0 Å². The molecule has 2 saturated heterocycles. The molecule has 0 saturated carbocycles. The van der Waals surface area contributed by atoms with Crippen LogP contribution in [0, 0.1) is 0 Å². The van der Waals surface area contributed by atoms with Crippen LogP contribution < -0.4 is 10.6 Å². The maximum absolute atomic E-state index is 11.1. The fraction of sp³-hybridized carbons (Fsp3) is 0.875. The van der Waals surface area contributed by atoms with Crippen LogP contribution in [-0.2, 0) is 0 Å². The first-order valence-corrected chi connectivity index (χ1v) is 5.13. The van der Waals surface area contributed by atoms with Crippen LogP contribution in [0.1, 0.15) is 20.8 Å². The average Bonchev–Trinajstić information content (AvgIpc) is 2.37. The Morgan fingerprint density at radius 2 is 2.08 bits per heavy atom. The predicted octanol–water partition coefficient (Wildman–Crippen LogP) is 0.950. The zero-order valence-corrected chi connectivity index (χ0v) is 8.37. The molecule has 12 heavy (non-hydrogen) atoms. The van der Waals surface area contributed by atoms with Crippen molar-refractivity contribution in [2.24, 2.45) is 0 Å². The van der Waals surface area contributed by atoms with Gasteiger partial charge in [0.1, 0.15) is 0 Å². The van der Waals surface area contributed by atoms with Crippen LogP contribution in [0.5, 0.6) is 0 Å². The fourth-order valence-corrected chi connectivity index (χ4v) is 3.81. The zero-order valence-electron chi connectivity index (χ0n) is 7.55. The molecule has 2 heterocycles. The Labute approximate surface area is 76.7 Å². The van der Waals surface area contributed by atoms with Crippen LogP contribution in [-0.4, -0.2) is 28.1 Å². The van der Waals surface area contributed by atoms with Crippen LogP contribution in [0.3, 0.4) is 0 Å². The molecule has 2 unspecified atom stereocenters. The Hall–Kier alpha value is -0.380. The lowest BCUT2D eigenvalue weighted by atomic mass is 9.96. The Bertz CT molecular complexity index is 229. The van der Waals surface area contributed by atoms with Crippen molar-refractivity contribution in [1.29, 1.82) is 0 Å². The number of hydrogen-bond acceptors (Lipinski definition) is 2. The summed E-state index contributed by atoms with van der Waals surface area (Å²) in [6.07, 6.45) is 0. The molecule has 2 N–H and O–H groups in total. The predicted molar refractivity (Wildman–Crippen MR) is 50.4 cm³/mol. The number of amides is 2. The van der Waals surface area contributed by atoms with E-state index in [1.165, 1.54) is 0 Å². The Morgan fingerprint density at radius 1 is 1.42 bits per heavy atom. The number of thioether (sulfide) groups is 1. The summed E-state index contributed by atoms with van der Waals surface area (Å²) in [4.78, 5) is 11.1. The largest absolute Gasteiger partial charge is 0.332 e. The third-order valence-corrected chi connectivity index (χ3v) is 4.21. The summed E-state index contributed by atoms with van der Waals surface area (Å²) in [5.74, 6) is 0. The van der Waals surface area contributed by atoms with Crippen molar-refractivity contribution in [3.63, 3.8) is 0 Å². The van der Waals surface area contributed by atoms with Crippen LogP contribution in [0.15, 0.2) is 0 Å². The van der Waals surface area contributed by atoms with Gasteiger partial charge in [-0.15, -0.1) is 11.8 Å². The van der Waals surface area contributed by atoms with Gasteiger partial charge in [0, 0.05) is 10.00 Å². The topological polar surface area (TPSA) is 41.1 Å². The van der Waals surface area contributed by atoms with E-state index in [4.69, 9.17) is 0 Å². The Morgan fingerprint density at radius 3 is 2.67 bits per heavy atom. The van der Waals surface area contributed by atoms with E-state index in [9.17, 15) is 4.79 Å². The van der Waals surface area contributed by atoms with Gasteiger partial charge in [-0.05, 0) is 13.8 Å². The molecule has 3 nitrogen and oxygen atoms in total. The van der Waals surface area contributed by atoms with Crippen molar-refractivity contribution in [1.82, 2.24) is 10.6 Å². The number of rotatable bonds is 0. The van der Waals surface area contributed by atoms with Crippen LogP contribution >= 0.6 is 11.8 Å². The molecular formula is C8H14N2OS. The van der Waals surface area contributed by atoms with Gasteiger partial charge in [0.2, 0.25) is 0 Å². The molecule has 0 aromatic heterocycles. The highest BCUT2D eigenvalue weighted by molar-refractivity contribution is 8.01. The summed E-state index contributed by atoms with van der Waals surface area (Å²) in [6, 6.07) is 0.604. The first-order chi connectivity index (χ1) is 5.50. The Kier molecular flexibility index (Phi) is 1.59. The van der Waals surface area contributed by atoms with E-state index in [1.54, 1.807) is 0 Å². The van der Waals surface area contributed by atoms with Crippen molar-refractivity contribution >= 4 is 17.8 Å². The summed E-state index contributed by atoms with van der Waals surface area (Å²) in [5, 5.41) is 6.43. The zero-order chi connectivity index (χ0) is 8.93. The molecule has 2 fully saturated rings. The number of carbonyl (C=O) groups is 1. The van der Waals surface area contributed by atoms with E-state index in [-0.39, 0.29) is 10.8 Å². The second kappa shape index (κ2) is 2.31. The number of carbonyl (C=O) groups excluding carboxylic acids is 1. The molecule has 0 radical (unpaired) electrons. The maximum atomic E-state index is 11.1. The summed E-state index contributed by atoms with van der Waals surface area (Å²) in [6.45, 7) is 6.54.